The van der Waals surface area contributed by atoms with Crippen LogP contribution in [0.3, 0.4) is 0 Å². The minimum atomic E-state index is -3.54. The summed E-state index contributed by atoms with van der Waals surface area (Å²) in [5, 5.41) is 2.71. The standard InChI is InChI=1S/C23H29N3O5S/c1-16-10-13-25(14-11-16)32(30,31)18-8-6-17(7-9-18)24-21(27)12-15-26-22(28)19-4-2-3-5-20(19)23(26)29/h2-3,6-9,16,19-20H,4-5,10-15H2,1H3,(H,24,27)/t19-,20+. The summed E-state index contributed by atoms with van der Waals surface area (Å²) in [5.41, 5.74) is 0.471. The molecular formula is C23H29N3O5S. The predicted molar refractivity (Wildman–Crippen MR) is 119 cm³/mol. The number of carbonyl (C=O) groups is 3. The van der Waals surface area contributed by atoms with Crippen LogP contribution < -0.4 is 5.32 Å². The molecule has 2 saturated heterocycles. The van der Waals surface area contributed by atoms with Crippen LogP contribution in [0.25, 0.3) is 0 Å². The van der Waals surface area contributed by atoms with Crippen molar-refractivity contribution in [3.8, 4) is 0 Å². The number of hydrogen-bond donors (Lipinski definition) is 1. The van der Waals surface area contributed by atoms with Gasteiger partial charge >= 0.3 is 0 Å². The molecule has 0 bridgehead atoms. The molecule has 2 aliphatic heterocycles. The Morgan fingerprint density at radius 2 is 1.56 bits per heavy atom. The molecule has 8 nitrogen and oxygen atoms in total. The van der Waals surface area contributed by atoms with E-state index in [4.69, 9.17) is 0 Å². The second kappa shape index (κ2) is 9.15. The third kappa shape index (κ3) is 4.49. The minimum Gasteiger partial charge on any atom is -0.326 e. The Morgan fingerprint density at radius 1 is 1.00 bits per heavy atom. The maximum absolute atomic E-state index is 12.8. The molecule has 9 heteroatoms. The van der Waals surface area contributed by atoms with E-state index < -0.39 is 10.0 Å². The molecule has 2 fully saturated rings. The largest absolute Gasteiger partial charge is 0.326 e. The molecule has 1 aromatic rings. The van der Waals surface area contributed by atoms with Gasteiger partial charge < -0.3 is 5.32 Å². The van der Waals surface area contributed by atoms with E-state index in [1.807, 2.05) is 12.2 Å². The lowest BCUT2D eigenvalue weighted by Gasteiger charge is -2.29. The zero-order chi connectivity index (χ0) is 22.9. The number of anilines is 1. The molecule has 0 aromatic heterocycles. The third-order valence-electron chi connectivity index (χ3n) is 6.68. The smallest absolute Gasteiger partial charge is 0.243 e. The molecule has 0 radical (unpaired) electrons. The van der Waals surface area contributed by atoms with Crippen LogP contribution in [0.15, 0.2) is 41.3 Å². The van der Waals surface area contributed by atoms with Crippen molar-refractivity contribution < 1.29 is 22.8 Å². The van der Waals surface area contributed by atoms with Gasteiger partial charge in [0.2, 0.25) is 27.7 Å². The van der Waals surface area contributed by atoms with Crippen LogP contribution >= 0.6 is 0 Å². The molecule has 3 aliphatic rings. The number of carbonyl (C=O) groups excluding carboxylic acids is 3. The van der Waals surface area contributed by atoms with E-state index in [1.165, 1.54) is 21.3 Å². The molecule has 172 valence electrons. The topological polar surface area (TPSA) is 104 Å². The number of hydrogen-bond acceptors (Lipinski definition) is 5. The lowest BCUT2D eigenvalue weighted by molar-refractivity contribution is -0.140. The summed E-state index contributed by atoms with van der Waals surface area (Å²) in [6, 6.07) is 6.11. The van der Waals surface area contributed by atoms with E-state index in [1.54, 1.807) is 12.1 Å². The summed E-state index contributed by atoms with van der Waals surface area (Å²) in [6.45, 7) is 3.22. The monoisotopic (exact) mass is 459 g/mol. The molecule has 2 heterocycles. The Hall–Kier alpha value is -2.52. The second-order valence-corrected chi connectivity index (χ2v) is 10.8. The van der Waals surface area contributed by atoms with Crippen molar-refractivity contribution in [2.75, 3.05) is 25.0 Å². The number of sulfonamides is 1. The third-order valence-corrected chi connectivity index (χ3v) is 8.59. The van der Waals surface area contributed by atoms with Crippen LogP contribution in [-0.4, -0.2) is 55.0 Å². The van der Waals surface area contributed by atoms with Crippen molar-refractivity contribution in [1.29, 1.82) is 0 Å². The average Bonchev–Trinajstić information content (AvgIpc) is 3.03. The van der Waals surface area contributed by atoms with Gasteiger partial charge in [0.1, 0.15) is 0 Å². The van der Waals surface area contributed by atoms with E-state index in [0.717, 1.165) is 12.8 Å². The fourth-order valence-corrected chi connectivity index (χ4v) is 6.08. The predicted octanol–water partition coefficient (Wildman–Crippen LogP) is 2.39. The maximum Gasteiger partial charge on any atom is 0.243 e. The molecule has 1 aliphatic carbocycles. The first-order valence-electron chi connectivity index (χ1n) is 11.2. The molecule has 1 aromatic carbocycles. The fraction of sp³-hybridized carbons (Fsp3) is 0.522. The number of piperidine rings is 1. The number of likely N-dealkylation sites (tertiary alicyclic amines) is 1. The van der Waals surface area contributed by atoms with Crippen LogP contribution in [0.4, 0.5) is 5.69 Å². The van der Waals surface area contributed by atoms with Crippen molar-refractivity contribution in [2.45, 2.75) is 43.9 Å². The minimum absolute atomic E-state index is 0.00361. The lowest BCUT2D eigenvalue weighted by Crippen LogP contribution is -2.37. The fourth-order valence-electron chi connectivity index (χ4n) is 4.61. The summed E-state index contributed by atoms with van der Waals surface area (Å²) in [4.78, 5) is 38.7. The Balaban J connectivity index is 1.31. The zero-order valence-electron chi connectivity index (χ0n) is 18.2. The quantitative estimate of drug-likeness (QED) is 0.520. The number of rotatable bonds is 6. The average molecular weight is 460 g/mol. The normalized spacial score (nSPS) is 24.6. The van der Waals surface area contributed by atoms with Crippen LogP contribution in [0.2, 0.25) is 0 Å². The summed E-state index contributed by atoms with van der Waals surface area (Å²) < 4.78 is 27.1. The molecule has 4 rings (SSSR count). The summed E-state index contributed by atoms with van der Waals surface area (Å²) in [5.74, 6) is -0.788. The summed E-state index contributed by atoms with van der Waals surface area (Å²) >= 11 is 0. The molecule has 3 amide bonds. The number of benzene rings is 1. The lowest BCUT2D eigenvalue weighted by atomic mass is 9.85. The van der Waals surface area contributed by atoms with Gasteiger partial charge in [-0.3, -0.25) is 19.3 Å². The van der Waals surface area contributed by atoms with E-state index >= 15 is 0 Å². The van der Waals surface area contributed by atoms with Crippen LogP contribution in [-0.2, 0) is 24.4 Å². The number of allylic oxidation sites excluding steroid dienone is 2. The van der Waals surface area contributed by atoms with Gasteiger partial charge in [-0.25, -0.2) is 8.42 Å². The highest BCUT2D eigenvalue weighted by molar-refractivity contribution is 7.89. The number of nitrogens with one attached hydrogen (secondary N) is 1. The van der Waals surface area contributed by atoms with Gasteiger partial charge in [0.25, 0.3) is 0 Å². The molecule has 0 unspecified atom stereocenters. The van der Waals surface area contributed by atoms with Gasteiger partial charge in [-0.05, 0) is 55.9 Å². The van der Waals surface area contributed by atoms with Gasteiger partial charge in [-0.15, -0.1) is 0 Å². The molecular weight excluding hydrogens is 430 g/mol. The van der Waals surface area contributed by atoms with Crippen molar-refractivity contribution in [3.05, 3.63) is 36.4 Å². The second-order valence-electron chi connectivity index (χ2n) is 8.89. The van der Waals surface area contributed by atoms with Crippen molar-refractivity contribution in [1.82, 2.24) is 9.21 Å². The summed E-state index contributed by atoms with van der Waals surface area (Å²) in [6.07, 6.45) is 6.71. The Labute approximate surface area is 188 Å². The Bertz CT molecular complexity index is 1000. The molecule has 2 atom stereocenters. The highest BCUT2D eigenvalue weighted by Gasteiger charge is 2.46. The first-order chi connectivity index (χ1) is 15.3. The van der Waals surface area contributed by atoms with Gasteiger partial charge in [-0.2, -0.15) is 4.31 Å². The molecule has 0 spiro atoms. The van der Waals surface area contributed by atoms with Gasteiger partial charge in [-0.1, -0.05) is 19.1 Å². The van der Waals surface area contributed by atoms with Crippen molar-refractivity contribution in [2.24, 2.45) is 17.8 Å². The van der Waals surface area contributed by atoms with E-state index in [2.05, 4.69) is 12.2 Å². The molecule has 1 N–H and O–H groups in total. The Morgan fingerprint density at radius 3 is 2.12 bits per heavy atom. The van der Waals surface area contributed by atoms with Crippen molar-refractivity contribution >= 4 is 33.4 Å². The molecule has 32 heavy (non-hydrogen) atoms. The number of nitrogens with zero attached hydrogens (tertiary/aromatic N) is 2. The first-order valence-corrected chi connectivity index (χ1v) is 12.6. The number of amides is 3. The van der Waals surface area contributed by atoms with Crippen LogP contribution in [0, 0.1) is 17.8 Å². The van der Waals surface area contributed by atoms with Crippen LogP contribution in [0.5, 0.6) is 0 Å². The van der Waals surface area contributed by atoms with Gasteiger partial charge in [0.15, 0.2) is 0 Å². The van der Waals surface area contributed by atoms with Crippen LogP contribution in [0.1, 0.15) is 39.0 Å². The number of fused-ring (bicyclic) bond motifs is 1. The SMILES string of the molecule is CC1CCN(S(=O)(=O)c2ccc(NC(=O)CCN3C(=O)[C@H]4CC=CC[C@H]4C3=O)cc2)CC1. The van der Waals surface area contributed by atoms with E-state index in [0.29, 0.717) is 37.5 Å². The highest BCUT2D eigenvalue weighted by atomic mass is 32.2. The van der Waals surface area contributed by atoms with Gasteiger partial charge in [0, 0.05) is 31.7 Å². The summed E-state index contributed by atoms with van der Waals surface area (Å²) in [7, 11) is -3.54. The van der Waals surface area contributed by atoms with E-state index in [-0.39, 0.29) is 47.4 Å². The van der Waals surface area contributed by atoms with Gasteiger partial charge in [0.05, 0.1) is 16.7 Å². The van der Waals surface area contributed by atoms with E-state index in [9.17, 15) is 22.8 Å². The van der Waals surface area contributed by atoms with Crippen molar-refractivity contribution in [3.63, 3.8) is 0 Å². The first kappa shape index (κ1) is 22.7. The Kier molecular flexibility index (Phi) is 6.48. The molecule has 0 saturated carbocycles. The number of imide groups is 1. The maximum atomic E-state index is 12.8. The zero-order valence-corrected chi connectivity index (χ0v) is 19.0. The highest BCUT2D eigenvalue weighted by Crippen LogP contribution is 2.35.